The first-order chi connectivity index (χ1) is 11.3. The van der Waals surface area contributed by atoms with Crippen molar-refractivity contribution in [2.24, 2.45) is 0 Å². The van der Waals surface area contributed by atoms with E-state index in [4.69, 9.17) is 28.9 Å². The number of halogens is 2. The molecule has 0 atom stereocenters. The number of anilines is 1. The van der Waals surface area contributed by atoms with E-state index in [2.05, 4.69) is 10.3 Å². The molecular weight excluding hydrogens is 371 g/mol. The fourth-order valence-corrected chi connectivity index (χ4v) is 4.33. The average molecular weight is 383 g/mol. The van der Waals surface area contributed by atoms with Gasteiger partial charge < -0.3 is 5.73 Å². The first-order valence-electron chi connectivity index (χ1n) is 6.79. The molecule has 0 unspecified atom stereocenters. The molecule has 3 rings (SSSR count). The molecule has 0 amide bonds. The van der Waals surface area contributed by atoms with Crippen molar-refractivity contribution in [1.29, 1.82) is 0 Å². The third kappa shape index (κ3) is 2.86. The first-order valence-corrected chi connectivity index (χ1v) is 9.03. The van der Waals surface area contributed by atoms with Crippen LogP contribution in [0.5, 0.6) is 0 Å². The maximum Gasteiger partial charge on any atom is 0.229 e. The van der Waals surface area contributed by atoms with Gasteiger partial charge in [-0.2, -0.15) is 0 Å². The van der Waals surface area contributed by atoms with Gasteiger partial charge in [-0.25, -0.2) is 13.1 Å². The Morgan fingerprint density at radius 2 is 1.75 bits per heavy atom. The fourth-order valence-electron chi connectivity index (χ4n) is 2.22. The number of nitrogen functional groups attached to an aromatic ring is 1. The van der Waals surface area contributed by atoms with E-state index in [9.17, 15) is 8.42 Å². The van der Waals surface area contributed by atoms with Crippen LogP contribution in [0.3, 0.4) is 0 Å². The minimum absolute atomic E-state index is 0.0314. The lowest BCUT2D eigenvalue weighted by Crippen LogP contribution is -2.06. The van der Waals surface area contributed by atoms with Gasteiger partial charge in [0.15, 0.2) is 0 Å². The number of aromatic nitrogens is 3. The minimum Gasteiger partial charge on any atom is -0.399 e. The quantitative estimate of drug-likeness (QED) is 0.701. The summed E-state index contributed by atoms with van der Waals surface area (Å²) in [6.07, 6.45) is 0. The molecule has 0 saturated heterocycles. The van der Waals surface area contributed by atoms with Crippen molar-refractivity contribution < 1.29 is 8.42 Å². The van der Waals surface area contributed by atoms with Crippen LogP contribution < -0.4 is 5.73 Å². The Labute approximate surface area is 148 Å². The average Bonchev–Trinajstić information content (AvgIpc) is 2.90. The Morgan fingerprint density at radius 3 is 2.38 bits per heavy atom. The molecule has 0 fully saturated rings. The Hall–Kier alpha value is -2.09. The fraction of sp³-hybridized carbons (Fsp3) is 0.0667. The topological polar surface area (TPSA) is 90.9 Å². The van der Waals surface area contributed by atoms with Crippen molar-refractivity contribution in [2.75, 3.05) is 5.73 Å². The number of sulfone groups is 1. The molecule has 0 aliphatic carbocycles. The van der Waals surface area contributed by atoms with Crippen molar-refractivity contribution in [2.45, 2.75) is 16.8 Å². The molecule has 0 aliphatic heterocycles. The molecule has 1 heterocycles. The Morgan fingerprint density at radius 1 is 1.08 bits per heavy atom. The predicted octanol–water partition coefficient (Wildman–Crippen LogP) is 3.30. The smallest absolute Gasteiger partial charge is 0.229 e. The number of rotatable bonds is 3. The number of benzene rings is 2. The van der Waals surface area contributed by atoms with Gasteiger partial charge in [0.2, 0.25) is 14.9 Å². The van der Waals surface area contributed by atoms with Gasteiger partial charge in [0.05, 0.1) is 21.3 Å². The predicted molar refractivity (Wildman–Crippen MR) is 92.4 cm³/mol. The molecular formula is C15H12Cl2N4O2S. The largest absolute Gasteiger partial charge is 0.399 e. The second kappa shape index (κ2) is 6.08. The summed E-state index contributed by atoms with van der Waals surface area (Å²) < 4.78 is 27.1. The van der Waals surface area contributed by atoms with Crippen molar-refractivity contribution in [3.05, 3.63) is 58.2 Å². The van der Waals surface area contributed by atoms with Gasteiger partial charge in [-0.05, 0) is 49.4 Å². The van der Waals surface area contributed by atoms with E-state index >= 15 is 0 Å². The van der Waals surface area contributed by atoms with Crippen LogP contribution in [0.25, 0.3) is 5.69 Å². The van der Waals surface area contributed by atoms with E-state index in [0.717, 1.165) is 0 Å². The maximum absolute atomic E-state index is 12.8. The lowest BCUT2D eigenvalue weighted by atomic mass is 10.3. The number of nitrogens with zero attached hydrogens (tertiary/aromatic N) is 3. The summed E-state index contributed by atoms with van der Waals surface area (Å²) in [6.45, 7) is 1.62. The van der Waals surface area contributed by atoms with E-state index in [1.807, 2.05) is 0 Å². The molecule has 6 nitrogen and oxygen atoms in total. The van der Waals surface area contributed by atoms with Gasteiger partial charge in [0, 0.05) is 10.7 Å². The zero-order chi connectivity index (χ0) is 17.5. The Bertz CT molecular complexity index is 1010. The summed E-state index contributed by atoms with van der Waals surface area (Å²) in [5.41, 5.74) is 7.27. The van der Waals surface area contributed by atoms with Crippen LogP contribution in [-0.4, -0.2) is 23.4 Å². The van der Waals surface area contributed by atoms with Crippen molar-refractivity contribution in [3.63, 3.8) is 0 Å². The van der Waals surface area contributed by atoms with E-state index in [1.165, 1.54) is 22.9 Å². The van der Waals surface area contributed by atoms with Crippen molar-refractivity contribution >= 4 is 38.7 Å². The van der Waals surface area contributed by atoms with Crippen LogP contribution in [0.2, 0.25) is 10.0 Å². The number of nitrogens with two attached hydrogens (primary N) is 1. The van der Waals surface area contributed by atoms with Gasteiger partial charge in [0.25, 0.3) is 0 Å². The van der Waals surface area contributed by atoms with Crippen LogP contribution in [0, 0.1) is 6.92 Å². The van der Waals surface area contributed by atoms with Crippen LogP contribution in [-0.2, 0) is 9.84 Å². The highest BCUT2D eigenvalue weighted by atomic mass is 35.5. The highest BCUT2D eigenvalue weighted by Crippen LogP contribution is 2.30. The van der Waals surface area contributed by atoms with Gasteiger partial charge in [-0.1, -0.05) is 28.4 Å². The molecule has 0 spiro atoms. The van der Waals surface area contributed by atoms with Gasteiger partial charge in [0.1, 0.15) is 0 Å². The zero-order valence-electron chi connectivity index (χ0n) is 12.4. The van der Waals surface area contributed by atoms with E-state index in [0.29, 0.717) is 22.1 Å². The second-order valence-corrected chi connectivity index (χ2v) is 7.74. The SMILES string of the molecule is Cc1c(S(=O)(=O)c2ccc(Cl)cc2Cl)nnn1-c1ccc(N)cc1. The lowest BCUT2D eigenvalue weighted by Gasteiger charge is -2.06. The maximum atomic E-state index is 12.8. The molecule has 1 aromatic heterocycles. The summed E-state index contributed by atoms with van der Waals surface area (Å²) >= 11 is 11.8. The Kier molecular flexibility index (Phi) is 4.25. The van der Waals surface area contributed by atoms with E-state index in [-0.39, 0.29) is 14.9 Å². The summed E-state index contributed by atoms with van der Waals surface area (Å²) in [5.74, 6) is 0. The summed E-state index contributed by atoms with van der Waals surface area (Å²) in [4.78, 5) is -0.0685. The zero-order valence-corrected chi connectivity index (χ0v) is 14.8. The molecule has 0 bridgehead atoms. The molecule has 0 aliphatic rings. The van der Waals surface area contributed by atoms with Crippen LogP contribution in [0.1, 0.15) is 5.69 Å². The van der Waals surface area contributed by atoms with Crippen LogP contribution in [0.4, 0.5) is 5.69 Å². The first kappa shape index (κ1) is 16.8. The Balaban J connectivity index is 2.11. The monoisotopic (exact) mass is 382 g/mol. The molecule has 2 aromatic carbocycles. The lowest BCUT2D eigenvalue weighted by molar-refractivity contribution is 0.591. The molecule has 2 N–H and O–H groups in total. The van der Waals surface area contributed by atoms with Gasteiger partial charge >= 0.3 is 0 Å². The molecule has 0 saturated carbocycles. The molecule has 124 valence electrons. The van der Waals surface area contributed by atoms with Gasteiger partial charge in [-0.3, -0.25) is 0 Å². The number of hydrogen-bond acceptors (Lipinski definition) is 5. The second-order valence-electron chi connectivity index (χ2n) is 5.06. The van der Waals surface area contributed by atoms with Crippen LogP contribution in [0.15, 0.2) is 52.4 Å². The minimum atomic E-state index is -3.92. The summed E-state index contributed by atoms with van der Waals surface area (Å²) in [5, 5.41) is 7.98. The molecule has 9 heteroatoms. The van der Waals surface area contributed by atoms with E-state index in [1.54, 1.807) is 31.2 Å². The molecule has 24 heavy (non-hydrogen) atoms. The van der Waals surface area contributed by atoms with Crippen LogP contribution >= 0.6 is 23.2 Å². The van der Waals surface area contributed by atoms with Crippen molar-refractivity contribution in [3.8, 4) is 5.69 Å². The highest BCUT2D eigenvalue weighted by molar-refractivity contribution is 7.91. The third-order valence-electron chi connectivity index (χ3n) is 3.43. The molecule has 3 aromatic rings. The molecule has 0 radical (unpaired) electrons. The summed E-state index contributed by atoms with van der Waals surface area (Å²) in [7, 11) is -3.92. The van der Waals surface area contributed by atoms with Gasteiger partial charge in [-0.15, -0.1) is 5.10 Å². The standard InChI is InChI=1S/C15H12Cl2N4O2S/c1-9-15(19-20-21(9)12-5-3-11(18)4-6-12)24(22,23)14-7-2-10(16)8-13(14)17/h2-8H,18H2,1H3. The van der Waals surface area contributed by atoms with E-state index < -0.39 is 9.84 Å². The number of hydrogen-bond donors (Lipinski definition) is 1. The van der Waals surface area contributed by atoms with Crippen molar-refractivity contribution in [1.82, 2.24) is 15.0 Å². The normalized spacial score (nSPS) is 11.6. The highest BCUT2D eigenvalue weighted by Gasteiger charge is 2.28. The summed E-state index contributed by atoms with van der Waals surface area (Å²) in [6, 6.07) is 11.0. The third-order valence-corrected chi connectivity index (χ3v) is 5.91.